The van der Waals surface area contributed by atoms with E-state index in [9.17, 15) is 14.4 Å². The third-order valence-electron chi connectivity index (χ3n) is 6.82. The molecule has 1 aliphatic rings. The molecule has 0 aliphatic carbocycles. The number of hydrogen-bond acceptors (Lipinski definition) is 6. The highest BCUT2D eigenvalue weighted by Gasteiger charge is 2.28. The summed E-state index contributed by atoms with van der Waals surface area (Å²) in [6.07, 6.45) is 1.17. The molecule has 0 bridgehead atoms. The van der Waals surface area contributed by atoms with Crippen molar-refractivity contribution in [3.63, 3.8) is 0 Å². The molecule has 1 fully saturated rings. The van der Waals surface area contributed by atoms with Crippen LogP contribution >= 0.6 is 16.3 Å². The van der Waals surface area contributed by atoms with Crippen LogP contribution in [0.15, 0.2) is 66.7 Å². The second-order valence-corrected chi connectivity index (χ2v) is 11.5. The Labute approximate surface area is 249 Å². The summed E-state index contributed by atoms with van der Waals surface area (Å²) in [6, 6.07) is 20.5. The molecule has 1 aliphatic heterocycles. The van der Waals surface area contributed by atoms with E-state index >= 15 is 0 Å². The Hall–Kier alpha value is -3.85. The van der Waals surface area contributed by atoms with E-state index in [1.807, 2.05) is 76.2 Å². The van der Waals surface area contributed by atoms with Crippen LogP contribution < -0.4 is 10.1 Å². The van der Waals surface area contributed by atoms with Gasteiger partial charge in [-0.3, -0.25) is 4.79 Å². The second-order valence-electron chi connectivity index (χ2n) is 11.1. The number of carbonyl (C=O) groups excluding carboxylic acids is 3. The van der Waals surface area contributed by atoms with Gasteiger partial charge in [0, 0.05) is 13.1 Å². The van der Waals surface area contributed by atoms with E-state index in [1.165, 1.54) is 0 Å². The zero-order valence-electron chi connectivity index (χ0n) is 23.7. The molecule has 9 heteroatoms. The van der Waals surface area contributed by atoms with E-state index in [2.05, 4.69) is 21.6 Å². The van der Waals surface area contributed by atoms with Gasteiger partial charge >= 0.3 is 12.1 Å². The summed E-state index contributed by atoms with van der Waals surface area (Å²) >= 11 is 2.74. The normalized spacial score (nSPS) is 13.8. The first-order valence-corrected chi connectivity index (χ1v) is 14.2. The number of carbonyl (C=O) groups is 3. The lowest BCUT2D eigenvalue weighted by Crippen LogP contribution is -2.41. The highest BCUT2D eigenvalue weighted by molar-refractivity contribution is 9.06. The average molecular weight is 624 g/mol. The lowest BCUT2D eigenvalue weighted by atomic mass is 9.88. The molecule has 3 aromatic carbocycles. The van der Waals surface area contributed by atoms with Crippen molar-refractivity contribution in [1.82, 2.24) is 4.90 Å². The van der Waals surface area contributed by atoms with Crippen molar-refractivity contribution in [2.24, 2.45) is 0 Å². The van der Waals surface area contributed by atoms with E-state index in [0.717, 1.165) is 29.5 Å². The first-order valence-electron chi connectivity index (χ1n) is 13.6. The van der Waals surface area contributed by atoms with Crippen molar-refractivity contribution in [2.45, 2.75) is 58.7 Å². The molecule has 0 unspecified atom stereocenters. The van der Waals surface area contributed by atoms with Crippen molar-refractivity contribution in [1.29, 1.82) is 0 Å². The molecule has 41 heavy (non-hydrogen) atoms. The number of benzene rings is 3. The van der Waals surface area contributed by atoms with Crippen molar-refractivity contribution in [2.75, 3.05) is 18.4 Å². The van der Waals surface area contributed by atoms with E-state index in [4.69, 9.17) is 13.3 Å². The van der Waals surface area contributed by atoms with Crippen LogP contribution in [-0.2, 0) is 15.2 Å². The lowest BCUT2D eigenvalue weighted by Gasteiger charge is -2.33. The molecule has 1 N–H and O–H groups in total. The SMILES string of the molecule is Cc1ccc(C(=O)OBr)c(NC(=O)c2cc(C3CCN(C(=O)OC(C)(C)C)CC3)ccc2OCc2ccccc2)c1. The van der Waals surface area contributed by atoms with Gasteiger partial charge in [-0.15, -0.1) is 0 Å². The minimum absolute atomic E-state index is 0.154. The number of likely N-dealkylation sites (tertiary alicyclic amines) is 1. The van der Waals surface area contributed by atoms with Gasteiger partial charge in [0.1, 0.15) is 18.0 Å². The third kappa shape index (κ3) is 8.10. The van der Waals surface area contributed by atoms with Crippen molar-refractivity contribution in [3.05, 3.63) is 94.5 Å². The van der Waals surface area contributed by atoms with Crippen molar-refractivity contribution < 1.29 is 27.7 Å². The fourth-order valence-corrected chi connectivity index (χ4v) is 4.91. The maximum Gasteiger partial charge on any atom is 0.410 e. The standard InChI is InChI=1S/C32H35BrN2O6/c1-21-10-12-25(30(37)41-33)27(18-21)34-29(36)26-19-24(11-13-28(26)39-20-22-8-6-5-7-9-22)23-14-16-35(17-15-23)31(38)40-32(2,3)4/h5-13,18-19,23H,14-17,20H2,1-4H3,(H,34,36). The highest BCUT2D eigenvalue weighted by Crippen LogP contribution is 2.33. The molecular formula is C32H35BrN2O6. The number of hydrogen-bond donors (Lipinski definition) is 1. The number of piperidine rings is 1. The van der Waals surface area contributed by atoms with Crippen LogP contribution in [0.4, 0.5) is 10.5 Å². The number of anilines is 1. The van der Waals surface area contributed by atoms with E-state index < -0.39 is 17.5 Å². The van der Waals surface area contributed by atoms with Crippen LogP contribution in [0.3, 0.4) is 0 Å². The van der Waals surface area contributed by atoms with Crippen LogP contribution in [0.2, 0.25) is 0 Å². The number of nitrogens with one attached hydrogen (secondary N) is 1. The lowest BCUT2D eigenvalue weighted by molar-refractivity contribution is 0.0204. The van der Waals surface area contributed by atoms with E-state index in [1.54, 1.807) is 23.1 Å². The summed E-state index contributed by atoms with van der Waals surface area (Å²) in [4.78, 5) is 40.3. The van der Waals surface area contributed by atoms with Crippen LogP contribution in [0.5, 0.6) is 5.75 Å². The maximum absolute atomic E-state index is 13.7. The zero-order chi connectivity index (χ0) is 29.6. The van der Waals surface area contributed by atoms with Gasteiger partial charge < -0.3 is 23.5 Å². The molecule has 2 amide bonds. The quantitative estimate of drug-likeness (QED) is 0.295. The van der Waals surface area contributed by atoms with Crippen molar-refractivity contribution in [3.8, 4) is 5.75 Å². The van der Waals surface area contributed by atoms with Gasteiger partial charge in [-0.2, -0.15) is 0 Å². The van der Waals surface area contributed by atoms with E-state index in [0.29, 0.717) is 36.7 Å². The molecule has 4 rings (SSSR count). The van der Waals surface area contributed by atoms with Crippen LogP contribution in [0, 0.1) is 6.92 Å². The predicted octanol–water partition coefficient (Wildman–Crippen LogP) is 7.41. The summed E-state index contributed by atoms with van der Waals surface area (Å²) in [5.74, 6) is -0.443. The molecule has 0 aromatic heterocycles. The smallest absolute Gasteiger partial charge is 0.410 e. The Bertz CT molecular complexity index is 1400. The topological polar surface area (TPSA) is 94.2 Å². The minimum Gasteiger partial charge on any atom is -0.488 e. The minimum atomic E-state index is -0.619. The molecule has 0 atom stereocenters. The van der Waals surface area contributed by atoms with Gasteiger partial charge in [0.05, 0.1) is 16.8 Å². The second kappa shape index (κ2) is 13.2. The van der Waals surface area contributed by atoms with Gasteiger partial charge in [0.2, 0.25) is 0 Å². The summed E-state index contributed by atoms with van der Waals surface area (Å²) in [6.45, 7) is 8.86. The summed E-state index contributed by atoms with van der Waals surface area (Å²) in [5, 5.41) is 2.89. The Morgan fingerprint density at radius 3 is 2.32 bits per heavy atom. The number of rotatable bonds is 7. The monoisotopic (exact) mass is 622 g/mol. The summed E-state index contributed by atoms with van der Waals surface area (Å²) < 4.78 is 16.4. The van der Waals surface area contributed by atoms with Gasteiger partial charge in [-0.1, -0.05) is 42.5 Å². The number of ether oxygens (including phenoxy) is 2. The van der Waals surface area contributed by atoms with Gasteiger partial charge in [-0.05, 0) is 87.4 Å². The first kappa shape index (κ1) is 30.1. The molecule has 3 aromatic rings. The number of halogens is 1. The Balaban J connectivity index is 1.58. The molecule has 0 radical (unpaired) electrons. The number of nitrogens with zero attached hydrogens (tertiary/aromatic N) is 1. The molecular weight excluding hydrogens is 588 g/mol. The Morgan fingerprint density at radius 2 is 1.66 bits per heavy atom. The van der Waals surface area contributed by atoms with Gasteiger partial charge in [0.25, 0.3) is 5.91 Å². The number of amides is 2. The first-order chi connectivity index (χ1) is 19.5. The fourth-order valence-electron chi connectivity index (χ4n) is 4.73. The number of aryl methyl sites for hydroxylation is 1. The van der Waals surface area contributed by atoms with Gasteiger partial charge in [-0.25, -0.2) is 9.59 Å². The van der Waals surface area contributed by atoms with Crippen LogP contribution in [0.1, 0.15) is 76.9 Å². The van der Waals surface area contributed by atoms with E-state index in [-0.39, 0.29) is 17.6 Å². The molecule has 0 spiro atoms. The maximum atomic E-state index is 13.7. The molecule has 1 saturated heterocycles. The van der Waals surface area contributed by atoms with Crippen LogP contribution in [-0.4, -0.2) is 41.6 Å². The van der Waals surface area contributed by atoms with Crippen LogP contribution in [0.25, 0.3) is 0 Å². The molecule has 0 saturated carbocycles. The predicted molar refractivity (Wildman–Crippen MR) is 160 cm³/mol. The molecule has 8 nitrogen and oxygen atoms in total. The Kier molecular flexibility index (Phi) is 9.70. The zero-order valence-corrected chi connectivity index (χ0v) is 25.3. The average Bonchev–Trinajstić information content (AvgIpc) is 2.95. The largest absolute Gasteiger partial charge is 0.488 e. The summed E-state index contributed by atoms with van der Waals surface area (Å²) in [7, 11) is 0. The third-order valence-corrected chi connectivity index (χ3v) is 7.11. The molecule has 1 heterocycles. The fraction of sp³-hybridized carbons (Fsp3) is 0.344. The Morgan fingerprint density at radius 1 is 0.951 bits per heavy atom. The summed E-state index contributed by atoms with van der Waals surface area (Å²) in [5.41, 5.74) is 3.19. The molecule has 216 valence electrons. The van der Waals surface area contributed by atoms with Gasteiger partial charge in [0.15, 0.2) is 16.3 Å². The highest BCUT2D eigenvalue weighted by atomic mass is 79.9. The van der Waals surface area contributed by atoms with Crippen molar-refractivity contribution >= 4 is 39.9 Å².